The lowest BCUT2D eigenvalue weighted by Gasteiger charge is -2.33. The fourth-order valence-corrected chi connectivity index (χ4v) is 4.24. The molecule has 4 rings (SSSR count). The van der Waals surface area contributed by atoms with E-state index in [9.17, 15) is 31.5 Å². The average Bonchev–Trinajstić information content (AvgIpc) is 3.29. The van der Waals surface area contributed by atoms with Crippen molar-refractivity contribution in [2.24, 2.45) is 0 Å². The van der Waals surface area contributed by atoms with Gasteiger partial charge in [0.1, 0.15) is 12.1 Å². The SMILES string of the molecule is CC(=O)N1CCCCC1c1cn(-c2ncc(NC(=O)Cc3cccc(C(F)(F)F)c3F)cc2F)cn1. The zero-order chi connectivity index (χ0) is 26.0. The molecule has 1 aromatic carbocycles. The number of benzene rings is 1. The third-order valence-electron chi connectivity index (χ3n) is 5.94. The van der Waals surface area contributed by atoms with E-state index < -0.39 is 41.3 Å². The van der Waals surface area contributed by atoms with Gasteiger partial charge in [-0.15, -0.1) is 0 Å². The summed E-state index contributed by atoms with van der Waals surface area (Å²) >= 11 is 0. The van der Waals surface area contributed by atoms with Gasteiger partial charge in [-0.1, -0.05) is 12.1 Å². The minimum Gasteiger partial charge on any atom is -0.334 e. The Bertz CT molecular complexity index is 1290. The molecule has 0 saturated carbocycles. The maximum absolute atomic E-state index is 14.8. The summed E-state index contributed by atoms with van der Waals surface area (Å²) in [5, 5.41) is 2.31. The Morgan fingerprint density at radius 2 is 1.94 bits per heavy atom. The predicted octanol–water partition coefficient (Wildman–Crippen LogP) is 4.82. The van der Waals surface area contributed by atoms with Crippen LogP contribution in [0.2, 0.25) is 0 Å². The molecule has 0 spiro atoms. The Labute approximate surface area is 203 Å². The van der Waals surface area contributed by atoms with E-state index in [1.165, 1.54) is 24.0 Å². The quantitative estimate of drug-likeness (QED) is 0.503. The molecule has 12 heteroatoms. The summed E-state index contributed by atoms with van der Waals surface area (Å²) in [5.41, 5.74) is -1.36. The number of hydrogen-bond acceptors (Lipinski definition) is 4. The standard InChI is InChI=1S/C24H22F5N5O2/c1-14(35)34-8-3-2-7-20(34)19-12-33(13-31-19)23-18(25)10-16(11-30-23)32-21(36)9-15-5-4-6-17(22(15)26)24(27,28)29/h4-6,10-13,20H,2-3,7-9H2,1H3,(H,32,36). The number of carbonyl (C=O) groups excluding carboxylic acids is 2. The minimum absolute atomic E-state index is 0.0518. The molecular formula is C24H22F5N5O2. The number of rotatable bonds is 5. The van der Waals surface area contributed by atoms with Gasteiger partial charge in [-0.25, -0.2) is 18.7 Å². The van der Waals surface area contributed by atoms with Crippen molar-refractivity contribution in [2.75, 3.05) is 11.9 Å². The van der Waals surface area contributed by atoms with Crippen molar-refractivity contribution in [2.45, 2.75) is 44.8 Å². The Morgan fingerprint density at radius 1 is 1.17 bits per heavy atom. The zero-order valence-electron chi connectivity index (χ0n) is 19.1. The second-order valence-electron chi connectivity index (χ2n) is 8.46. The van der Waals surface area contributed by atoms with E-state index in [1.54, 1.807) is 11.1 Å². The summed E-state index contributed by atoms with van der Waals surface area (Å²) < 4.78 is 69.0. The molecule has 7 nitrogen and oxygen atoms in total. The van der Waals surface area contributed by atoms with Gasteiger partial charge in [0.15, 0.2) is 11.6 Å². The molecule has 2 amide bonds. The minimum atomic E-state index is -4.89. The Morgan fingerprint density at radius 3 is 2.64 bits per heavy atom. The first-order chi connectivity index (χ1) is 17.0. The number of pyridine rings is 1. The van der Waals surface area contributed by atoms with Crippen LogP contribution >= 0.6 is 0 Å². The van der Waals surface area contributed by atoms with Crippen LogP contribution in [-0.2, 0) is 22.2 Å². The van der Waals surface area contributed by atoms with E-state index in [2.05, 4.69) is 15.3 Å². The van der Waals surface area contributed by atoms with Gasteiger partial charge in [0, 0.05) is 25.7 Å². The van der Waals surface area contributed by atoms with Crippen LogP contribution in [-0.4, -0.2) is 37.8 Å². The highest BCUT2D eigenvalue weighted by atomic mass is 19.4. The number of halogens is 5. The topological polar surface area (TPSA) is 80.1 Å². The van der Waals surface area contributed by atoms with Crippen molar-refractivity contribution in [3.8, 4) is 5.82 Å². The number of nitrogens with zero attached hydrogens (tertiary/aromatic N) is 4. The van der Waals surface area contributed by atoms with Gasteiger partial charge in [-0.3, -0.25) is 14.2 Å². The third kappa shape index (κ3) is 5.37. The highest BCUT2D eigenvalue weighted by Gasteiger charge is 2.35. The van der Waals surface area contributed by atoms with E-state index in [0.717, 1.165) is 37.5 Å². The lowest BCUT2D eigenvalue weighted by molar-refractivity contribution is -0.140. The number of anilines is 1. The fourth-order valence-electron chi connectivity index (χ4n) is 4.24. The van der Waals surface area contributed by atoms with Gasteiger partial charge in [0.25, 0.3) is 0 Å². The van der Waals surface area contributed by atoms with E-state index in [0.29, 0.717) is 18.3 Å². The first kappa shape index (κ1) is 25.3. The highest BCUT2D eigenvalue weighted by Crippen LogP contribution is 2.33. The van der Waals surface area contributed by atoms with Gasteiger partial charge >= 0.3 is 6.18 Å². The number of piperidine rings is 1. The molecular weight excluding hydrogens is 485 g/mol. The number of imidazole rings is 1. The van der Waals surface area contributed by atoms with Gasteiger partial charge in [0.2, 0.25) is 11.8 Å². The third-order valence-corrected chi connectivity index (χ3v) is 5.94. The van der Waals surface area contributed by atoms with E-state index in [4.69, 9.17) is 0 Å². The first-order valence-electron chi connectivity index (χ1n) is 11.2. The molecule has 3 heterocycles. The van der Waals surface area contributed by atoms with Crippen molar-refractivity contribution in [3.63, 3.8) is 0 Å². The summed E-state index contributed by atoms with van der Waals surface area (Å²) in [6.07, 6.45) is 1.14. The van der Waals surface area contributed by atoms with Crippen molar-refractivity contribution >= 4 is 17.5 Å². The molecule has 1 aliphatic rings. The maximum Gasteiger partial charge on any atom is 0.419 e. The number of carbonyl (C=O) groups is 2. The largest absolute Gasteiger partial charge is 0.419 e. The smallest absolute Gasteiger partial charge is 0.334 e. The predicted molar refractivity (Wildman–Crippen MR) is 119 cm³/mol. The molecule has 1 unspecified atom stereocenters. The lowest BCUT2D eigenvalue weighted by atomic mass is 10.00. The number of nitrogens with one attached hydrogen (secondary N) is 1. The molecule has 1 aliphatic heterocycles. The lowest BCUT2D eigenvalue weighted by Crippen LogP contribution is -2.37. The summed E-state index contributed by atoms with van der Waals surface area (Å²) in [5.74, 6) is -3.33. The molecule has 36 heavy (non-hydrogen) atoms. The van der Waals surface area contributed by atoms with Crippen LogP contribution in [0.3, 0.4) is 0 Å². The van der Waals surface area contributed by atoms with Crippen LogP contribution in [0.1, 0.15) is 49.0 Å². The van der Waals surface area contributed by atoms with Crippen LogP contribution in [0.15, 0.2) is 43.0 Å². The van der Waals surface area contributed by atoms with Crippen LogP contribution < -0.4 is 5.32 Å². The summed E-state index contributed by atoms with van der Waals surface area (Å²) in [7, 11) is 0. The molecule has 0 aliphatic carbocycles. The van der Waals surface area contributed by atoms with Crippen LogP contribution in [0.5, 0.6) is 0 Å². The molecule has 1 saturated heterocycles. The normalized spacial score (nSPS) is 16.2. The van der Waals surface area contributed by atoms with Crippen LogP contribution in [0, 0.1) is 11.6 Å². The number of hydrogen-bond donors (Lipinski definition) is 1. The number of likely N-dealkylation sites (tertiary alicyclic amines) is 1. The fraction of sp³-hybridized carbons (Fsp3) is 0.333. The van der Waals surface area contributed by atoms with E-state index in [-0.39, 0.29) is 23.5 Å². The molecule has 1 atom stereocenters. The Balaban J connectivity index is 1.47. The molecule has 190 valence electrons. The Hall–Kier alpha value is -3.83. The monoisotopic (exact) mass is 507 g/mol. The first-order valence-corrected chi connectivity index (χ1v) is 11.2. The van der Waals surface area contributed by atoms with Crippen molar-refractivity contribution in [3.05, 3.63) is 71.4 Å². The van der Waals surface area contributed by atoms with Crippen LogP contribution in [0.25, 0.3) is 5.82 Å². The van der Waals surface area contributed by atoms with E-state index >= 15 is 0 Å². The molecule has 3 aromatic rings. The van der Waals surface area contributed by atoms with Crippen LogP contribution in [0.4, 0.5) is 27.6 Å². The summed E-state index contributed by atoms with van der Waals surface area (Å²) in [6, 6.07) is 3.44. The second kappa shape index (κ2) is 10.0. The molecule has 1 fully saturated rings. The van der Waals surface area contributed by atoms with Gasteiger partial charge in [0.05, 0.1) is 35.6 Å². The van der Waals surface area contributed by atoms with Crippen molar-refractivity contribution in [1.82, 2.24) is 19.4 Å². The molecule has 0 bridgehead atoms. The maximum atomic E-state index is 14.8. The molecule has 1 N–H and O–H groups in total. The van der Waals surface area contributed by atoms with Gasteiger partial charge in [-0.2, -0.15) is 13.2 Å². The van der Waals surface area contributed by atoms with Crippen molar-refractivity contribution in [1.29, 1.82) is 0 Å². The number of aromatic nitrogens is 3. The van der Waals surface area contributed by atoms with Crippen molar-refractivity contribution < 1.29 is 31.5 Å². The summed E-state index contributed by atoms with van der Waals surface area (Å²) in [6.45, 7) is 2.11. The molecule has 2 aromatic heterocycles. The average molecular weight is 507 g/mol. The number of amides is 2. The highest BCUT2D eigenvalue weighted by molar-refractivity contribution is 5.92. The second-order valence-corrected chi connectivity index (χ2v) is 8.46. The number of alkyl halides is 3. The Kier molecular flexibility index (Phi) is 7.04. The van der Waals surface area contributed by atoms with Gasteiger partial charge in [-0.05, 0) is 30.9 Å². The van der Waals surface area contributed by atoms with Gasteiger partial charge < -0.3 is 10.2 Å². The summed E-state index contributed by atoms with van der Waals surface area (Å²) in [4.78, 5) is 34.3. The molecule has 0 radical (unpaired) electrons. The van der Waals surface area contributed by atoms with E-state index in [1.807, 2.05) is 0 Å². The zero-order valence-corrected chi connectivity index (χ0v) is 19.1.